The van der Waals surface area contributed by atoms with Gasteiger partial charge in [0.2, 0.25) is 5.91 Å². The molecule has 1 saturated heterocycles. The van der Waals surface area contributed by atoms with Gasteiger partial charge in [0.05, 0.1) is 6.61 Å². The number of nitrogens with zero attached hydrogens (tertiary/aromatic N) is 2. The molecule has 164 valence electrons. The number of halogens is 1. The van der Waals surface area contributed by atoms with Crippen LogP contribution in [-0.2, 0) is 17.8 Å². The van der Waals surface area contributed by atoms with Crippen molar-refractivity contribution in [1.29, 1.82) is 0 Å². The molecule has 1 spiro atoms. The first kappa shape index (κ1) is 21.1. The summed E-state index contributed by atoms with van der Waals surface area (Å²) in [5.41, 5.74) is 1.43. The molecule has 1 aliphatic heterocycles. The number of aliphatic hydroxyl groups is 1. The number of nitrogens with one attached hydrogen (secondary N) is 1. The summed E-state index contributed by atoms with van der Waals surface area (Å²) in [5.74, 6) is -0.281. The number of aliphatic hydroxyl groups excluding tert-OH is 1. The summed E-state index contributed by atoms with van der Waals surface area (Å²) in [5, 5.41) is 12.0. The predicted octanol–water partition coefficient (Wildman–Crippen LogP) is 2.83. The molecule has 2 saturated carbocycles. The van der Waals surface area contributed by atoms with E-state index >= 15 is 0 Å². The van der Waals surface area contributed by atoms with E-state index in [2.05, 4.69) is 5.32 Å². The molecule has 1 aromatic rings. The van der Waals surface area contributed by atoms with Crippen molar-refractivity contribution >= 4 is 11.9 Å². The molecule has 0 bridgehead atoms. The van der Waals surface area contributed by atoms with E-state index < -0.39 is 0 Å². The van der Waals surface area contributed by atoms with Crippen LogP contribution in [0, 0.1) is 11.2 Å². The average Bonchev–Trinajstić information content (AvgIpc) is 3.67. The average molecular weight is 418 g/mol. The Morgan fingerprint density at radius 2 is 2.17 bits per heavy atom. The second kappa shape index (κ2) is 8.53. The molecule has 30 heavy (non-hydrogen) atoms. The first-order chi connectivity index (χ1) is 14.5. The third kappa shape index (κ3) is 4.31. The van der Waals surface area contributed by atoms with Crippen LogP contribution in [0.25, 0.3) is 0 Å². The number of hydrogen-bond acceptors (Lipinski definition) is 3. The Labute approximate surface area is 177 Å². The van der Waals surface area contributed by atoms with Gasteiger partial charge in [-0.05, 0) is 50.2 Å². The lowest BCUT2D eigenvalue weighted by Crippen LogP contribution is -2.48. The Bertz CT molecular complexity index is 813. The summed E-state index contributed by atoms with van der Waals surface area (Å²) in [6, 6.07) is 5.46. The maximum atomic E-state index is 14.3. The topological polar surface area (TPSA) is 72.9 Å². The monoisotopic (exact) mass is 417 g/mol. The van der Waals surface area contributed by atoms with Crippen molar-refractivity contribution in [3.05, 3.63) is 35.1 Å². The molecule has 2 N–H and O–H groups in total. The van der Waals surface area contributed by atoms with Gasteiger partial charge in [0.1, 0.15) is 5.82 Å². The molecule has 2 atom stereocenters. The highest BCUT2D eigenvalue weighted by molar-refractivity contribution is 5.77. The van der Waals surface area contributed by atoms with E-state index in [1.165, 1.54) is 6.07 Å². The molecule has 3 amide bonds. The number of carbonyl (C=O) groups excluding carboxylic acids is 2. The van der Waals surface area contributed by atoms with Gasteiger partial charge in [-0.1, -0.05) is 19.1 Å². The molecule has 0 aromatic heterocycles. The van der Waals surface area contributed by atoms with Crippen molar-refractivity contribution in [3.63, 3.8) is 0 Å². The highest BCUT2D eigenvalue weighted by atomic mass is 19.1. The van der Waals surface area contributed by atoms with Gasteiger partial charge in [0.25, 0.3) is 0 Å². The van der Waals surface area contributed by atoms with E-state index in [4.69, 9.17) is 5.11 Å². The number of piperidine rings is 1. The van der Waals surface area contributed by atoms with Crippen molar-refractivity contribution in [2.75, 3.05) is 19.7 Å². The fourth-order valence-electron chi connectivity index (χ4n) is 4.92. The van der Waals surface area contributed by atoms with E-state index in [9.17, 15) is 14.0 Å². The Kier molecular flexibility index (Phi) is 6.00. The van der Waals surface area contributed by atoms with Crippen LogP contribution in [0.5, 0.6) is 0 Å². The van der Waals surface area contributed by atoms with Crippen LogP contribution in [0.1, 0.15) is 56.6 Å². The predicted molar refractivity (Wildman–Crippen MR) is 111 cm³/mol. The van der Waals surface area contributed by atoms with E-state index in [1.807, 2.05) is 22.8 Å². The van der Waals surface area contributed by atoms with E-state index in [0.29, 0.717) is 12.1 Å². The molecule has 2 unspecified atom stereocenters. The standard InChI is InChI=1S/C23H32FN3O3/c1-2-16-4-5-17(19(24)12-16)14-25-22(30)27(18-6-7-18)20-13-23(20)9-3-10-26(15-23)21(29)8-11-28/h4-5,12,18,20,28H,2-3,6-11,13-15H2,1H3,(H,25,30). The summed E-state index contributed by atoms with van der Waals surface area (Å²) in [6.45, 7) is 3.44. The lowest BCUT2D eigenvalue weighted by Gasteiger charge is -2.36. The largest absolute Gasteiger partial charge is 0.396 e. The van der Waals surface area contributed by atoms with Crippen LogP contribution >= 0.6 is 0 Å². The Morgan fingerprint density at radius 1 is 1.37 bits per heavy atom. The van der Waals surface area contributed by atoms with Crippen molar-refractivity contribution in [2.24, 2.45) is 5.41 Å². The highest BCUT2D eigenvalue weighted by Crippen LogP contribution is 2.57. The Hall–Kier alpha value is -2.15. The van der Waals surface area contributed by atoms with Crippen LogP contribution in [0.15, 0.2) is 18.2 Å². The van der Waals surface area contributed by atoms with Gasteiger partial charge >= 0.3 is 6.03 Å². The summed E-state index contributed by atoms with van der Waals surface area (Å²) in [4.78, 5) is 29.1. The molecule has 0 radical (unpaired) electrons. The van der Waals surface area contributed by atoms with Gasteiger partial charge in [-0.15, -0.1) is 0 Å². The number of rotatable bonds is 7. The summed E-state index contributed by atoms with van der Waals surface area (Å²) >= 11 is 0. The maximum absolute atomic E-state index is 14.3. The summed E-state index contributed by atoms with van der Waals surface area (Å²) < 4.78 is 14.3. The molecule has 3 fully saturated rings. The van der Waals surface area contributed by atoms with Crippen molar-refractivity contribution in [3.8, 4) is 0 Å². The number of likely N-dealkylation sites (tertiary alicyclic amines) is 1. The minimum atomic E-state index is -0.277. The van der Waals surface area contributed by atoms with Crippen LogP contribution < -0.4 is 5.32 Å². The fraction of sp³-hybridized carbons (Fsp3) is 0.652. The van der Waals surface area contributed by atoms with Crippen LogP contribution in [-0.4, -0.2) is 58.6 Å². The number of aryl methyl sites for hydroxylation is 1. The van der Waals surface area contributed by atoms with Gasteiger partial charge in [-0.2, -0.15) is 0 Å². The minimum absolute atomic E-state index is 0.00403. The zero-order chi connectivity index (χ0) is 21.3. The Balaban J connectivity index is 1.39. The van der Waals surface area contributed by atoms with Gasteiger partial charge < -0.3 is 20.2 Å². The third-order valence-electron chi connectivity index (χ3n) is 6.90. The molecule has 1 heterocycles. The lowest BCUT2D eigenvalue weighted by atomic mass is 9.93. The third-order valence-corrected chi connectivity index (χ3v) is 6.90. The summed E-state index contributed by atoms with van der Waals surface area (Å²) in [7, 11) is 0. The fourth-order valence-corrected chi connectivity index (χ4v) is 4.92. The summed E-state index contributed by atoms with van der Waals surface area (Å²) in [6.07, 6.45) is 5.82. The molecule has 1 aromatic carbocycles. The molecule has 4 rings (SSSR count). The van der Waals surface area contributed by atoms with Crippen LogP contribution in [0.3, 0.4) is 0 Å². The first-order valence-corrected chi connectivity index (χ1v) is 11.2. The smallest absolute Gasteiger partial charge is 0.318 e. The van der Waals surface area contributed by atoms with Gasteiger partial charge in [0, 0.05) is 49.1 Å². The van der Waals surface area contributed by atoms with Gasteiger partial charge in [0.15, 0.2) is 0 Å². The van der Waals surface area contributed by atoms with Gasteiger partial charge in [-0.25, -0.2) is 9.18 Å². The molecular weight excluding hydrogens is 385 g/mol. The Morgan fingerprint density at radius 3 is 2.83 bits per heavy atom. The zero-order valence-electron chi connectivity index (χ0n) is 17.7. The first-order valence-electron chi connectivity index (χ1n) is 11.2. The SMILES string of the molecule is CCc1ccc(CNC(=O)N(C2CC2)C2CC23CCCN(C(=O)CCO)C3)c(F)c1. The maximum Gasteiger partial charge on any atom is 0.318 e. The number of carbonyl (C=O) groups is 2. The normalized spacial score (nSPS) is 25.3. The van der Waals surface area contributed by atoms with Gasteiger partial charge in [-0.3, -0.25) is 4.79 Å². The minimum Gasteiger partial charge on any atom is -0.396 e. The second-order valence-corrected chi connectivity index (χ2v) is 9.05. The molecule has 2 aliphatic carbocycles. The second-order valence-electron chi connectivity index (χ2n) is 9.05. The molecular formula is C23H32FN3O3. The molecule has 3 aliphatic rings. The molecule has 6 nitrogen and oxygen atoms in total. The van der Waals surface area contributed by atoms with E-state index in [1.54, 1.807) is 6.07 Å². The van der Waals surface area contributed by atoms with Crippen LogP contribution in [0.2, 0.25) is 0 Å². The van der Waals surface area contributed by atoms with Crippen molar-refractivity contribution < 1.29 is 19.1 Å². The molecule has 7 heteroatoms. The lowest BCUT2D eigenvalue weighted by molar-refractivity contribution is -0.134. The highest BCUT2D eigenvalue weighted by Gasteiger charge is 2.61. The van der Waals surface area contributed by atoms with Crippen molar-refractivity contribution in [1.82, 2.24) is 15.1 Å². The van der Waals surface area contributed by atoms with Crippen molar-refractivity contribution in [2.45, 2.75) is 70.5 Å². The number of hydrogen-bond donors (Lipinski definition) is 2. The van der Waals surface area contributed by atoms with Crippen LogP contribution in [0.4, 0.5) is 9.18 Å². The number of benzene rings is 1. The number of urea groups is 1. The van der Waals surface area contributed by atoms with E-state index in [-0.39, 0.29) is 54.8 Å². The zero-order valence-corrected chi connectivity index (χ0v) is 17.7. The quantitative estimate of drug-likeness (QED) is 0.717. The van der Waals surface area contributed by atoms with E-state index in [0.717, 1.165) is 50.6 Å². The number of amides is 3.